The number of carbonyl (C=O) groups excluding carboxylic acids is 2. The van der Waals surface area contributed by atoms with Crippen LogP contribution in [0.2, 0.25) is 5.02 Å². The van der Waals surface area contributed by atoms with Crippen LogP contribution in [0, 0.1) is 0 Å². The zero-order valence-corrected chi connectivity index (χ0v) is 13.2. The van der Waals surface area contributed by atoms with Crippen molar-refractivity contribution in [3.8, 4) is 0 Å². The van der Waals surface area contributed by atoms with Crippen LogP contribution in [0.15, 0.2) is 24.3 Å². The van der Waals surface area contributed by atoms with E-state index >= 15 is 0 Å². The normalized spacial score (nSPS) is 15.8. The van der Waals surface area contributed by atoms with Gasteiger partial charge in [0.25, 0.3) is 5.91 Å². The number of benzene rings is 1. The van der Waals surface area contributed by atoms with Gasteiger partial charge in [0.15, 0.2) is 0 Å². The highest BCUT2D eigenvalue weighted by Gasteiger charge is 2.23. The summed E-state index contributed by atoms with van der Waals surface area (Å²) < 4.78 is 0. The molecule has 1 aromatic carbocycles. The van der Waals surface area contributed by atoms with E-state index in [1.54, 1.807) is 24.3 Å². The van der Waals surface area contributed by atoms with E-state index in [2.05, 4.69) is 5.32 Å². The molecule has 1 aliphatic heterocycles. The third kappa shape index (κ3) is 4.61. The van der Waals surface area contributed by atoms with Crippen molar-refractivity contribution in [2.45, 2.75) is 25.3 Å². The van der Waals surface area contributed by atoms with Crippen LogP contribution in [0.4, 0.5) is 0 Å². The fourth-order valence-electron chi connectivity index (χ4n) is 2.41. The number of carbonyl (C=O) groups is 2. The summed E-state index contributed by atoms with van der Waals surface area (Å²) in [6.07, 6.45) is 1.90. The monoisotopic (exact) mass is 328 g/mol. The van der Waals surface area contributed by atoms with E-state index in [4.69, 9.17) is 23.2 Å². The molecule has 1 N–H and O–H groups in total. The average Bonchev–Trinajstić information content (AvgIpc) is 2.48. The van der Waals surface area contributed by atoms with Gasteiger partial charge in [-0.05, 0) is 31.0 Å². The van der Waals surface area contributed by atoms with E-state index in [0.717, 1.165) is 12.8 Å². The zero-order chi connectivity index (χ0) is 15.2. The number of likely N-dealkylation sites (tertiary alicyclic amines) is 1. The molecule has 0 atom stereocenters. The highest BCUT2D eigenvalue weighted by atomic mass is 35.5. The van der Waals surface area contributed by atoms with Gasteiger partial charge in [-0.1, -0.05) is 17.7 Å². The molecular formula is C15H18Cl2N2O2. The molecule has 0 unspecified atom stereocenters. The molecule has 0 bridgehead atoms. The van der Waals surface area contributed by atoms with E-state index in [-0.39, 0.29) is 17.9 Å². The lowest BCUT2D eigenvalue weighted by Gasteiger charge is -2.32. The number of hydrogen-bond acceptors (Lipinski definition) is 2. The first-order chi connectivity index (χ1) is 10.1. The van der Waals surface area contributed by atoms with Crippen molar-refractivity contribution >= 4 is 35.0 Å². The summed E-state index contributed by atoms with van der Waals surface area (Å²) in [5, 5.41) is 3.54. The molecule has 21 heavy (non-hydrogen) atoms. The van der Waals surface area contributed by atoms with Crippen molar-refractivity contribution < 1.29 is 9.59 Å². The van der Waals surface area contributed by atoms with Gasteiger partial charge in [-0.25, -0.2) is 0 Å². The third-order valence-corrected chi connectivity index (χ3v) is 4.00. The molecule has 4 nitrogen and oxygen atoms in total. The fourth-order valence-corrected chi connectivity index (χ4v) is 2.76. The van der Waals surface area contributed by atoms with Gasteiger partial charge >= 0.3 is 0 Å². The Morgan fingerprint density at radius 1 is 1.29 bits per heavy atom. The summed E-state index contributed by atoms with van der Waals surface area (Å²) in [5.41, 5.74) is 0.558. The number of alkyl halides is 1. The minimum atomic E-state index is -0.122. The predicted molar refractivity (Wildman–Crippen MR) is 83.9 cm³/mol. The number of piperidine rings is 1. The molecule has 1 saturated heterocycles. The molecule has 1 aromatic rings. The summed E-state index contributed by atoms with van der Waals surface area (Å²) in [6.45, 7) is 1.33. The maximum Gasteiger partial charge on any atom is 0.251 e. The van der Waals surface area contributed by atoms with Gasteiger partial charge in [-0.2, -0.15) is 0 Å². The van der Waals surface area contributed by atoms with Crippen LogP contribution >= 0.6 is 23.2 Å². The van der Waals surface area contributed by atoms with Gasteiger partial charge in [-0.3, -0.25) is 9.59 Å². The average molecular weight is 329 g/mol. The van der Waals surface area contributed by atoms with Gasteiger partial charge in [0.1, 0.15) is 0 Å². The Hall–Kier alpha value is -1.26. The minimum absolute atomic E-state index is 0.0876. The van der Waals surface area contributed by atoms with E-state index in [1.807, 2.05) is 4.90 Å². The van der Waals surface area contributed by atoms with Crippen molar-refractivity contribution in [3.63, 3.8) is 0 Å². The Bertz CT molecular complexity index is 514. The molecule has 6 heteroatoms. The Labute approximate surface area is 134 Å². The van der Waals surface area contributed by atoms with Crippen LogP contribution in [0.25, 0.3) is 0 Å². The Kier molecular flexibility index (Phi) is 5.88. The molecule has 1 aliphatic rings. The Morgan fingerprint density at radius 2 is 2.00 bits per heavy atom. The molecule has 0 spiro atoms. The lowest BCUT2D eigenvalue weighted by atomic mass is 10.0. The van der Waals surface area contributed by atoms with Crippen LogP contribution in [0.1, 0.15) is 29.6 Å². The van der Waals surface area contributed by atoms with Crippen LogP contribution in [0.3, 0.4) is 0 Å². The number of nitrogens with zero attached hydrogens (tertiary/aromatic N) is 1. The number of rotatable bonds is 4. The summed E-state index contributed by atoms with van der Waals surface area (Å²) in [6, 6.07) is 6.97. The molecule has 0 aliphatic carbocycles. The number of nitrogens with one attached hydrogen (secondary N) is 1. The lowest BCUT2D eigenvalue weighted by molar-refractivity contribution is -0.131. The first-order valence-corrected chi connectivity index (χ1v) is 7.91. The van der Waals surface area contributed by atoms with Crippen LogP contribution < -0.4 is 5.32 Å². The SMILES string of the molecule is O=C(NC1CCN(C(=O)CCCl)CC1)c1cccc(Cl)c1. The summed E-state index contributed by atoms with van der Waals surface area (Å²) in [7, 11) is 0. The van der Waals surface area contributed by atoms with Crippen molar-refractivity contribution in [3.05, 3.63) is 34.9 Å². The van der Waals surface area contributed by atoms with Crippen molar-refractivity contribution in [2.75, 3.05) is 19.0 Å². The molecular weight excluding hydrogens is 311 g/mol. The smallest absolute Gasteiger partial charge is 0.251 e. The Balaban J connectivity index is 1.83. The van der Waals surface area contributed by atoms with E-state index in [1.165, 1.54) is 0 Å². The molecule has 1 heterocycles. The second-order valence-electron chi connectivity index (χ2n) is 5.08. The van der Waals surface area contributed by atoms with E-state index < -0.39 is 0 Å². The molecule has 0 aromatic heterocycles. The molecule has 2 amide bonds. The van der Waals surface area contributed by atoms with Crippen LogP contribution in [-0.2, 0) is 4.79 Å². The second-order valence-corrected chi connectivity index (χ2v) is 5.89. The summed E-state index contributed by atoms with van der Waals surface area (Å²) in [5.74, 6) is 0.317. The number of hydrogen-bond donors (Lipinski definition) is 1. The third-order valence-electron chi connectivity index (χ3n) is 3.58. The van der Waals surface area contributed by atoms with Crippen molar-refractivity contribution in [1.29, 1.82) is 0 Å². The van der Waals surface area contributed by atoms with Crippen LogP contribution in [0.5, 0.6) is 0 Å². The quantitative estimate of drug-likeness (QED) is 0.864. The summed E-state index contributed by atoms with van der Waals surface area (Å²) in [4.78, 5) is 25.7. The first kappa shape index (κ1) is 16.1. The highest BCUT2D eigenvalue weighted by molar-refractivity contribution is 6.30. The van der Waals surface area contributed by atoms with Gasteiger partial charge in [0, 0.05) is 42.0 Å². The van der Waals surface area contributed by atoms with Gasteiger partial charge in [-0.15, -0.1) is 11.6 Å². The number of amides is 2. The topological polar surface area (TPSA) is 49.4 Å². The lowest BCUT2D eigenvalue weighted by Crippen LogP contribution is -2.46. The van der Waals surface area contributed by atoms with Gasteiger partial charge < -0.3 is 10.2 Å². The molecule has 114 valence electrons. The molecule has 0 radical (unpaired) electrons. The maximum atomic E-state index is 12.1. The molecule has 2 rings (SSSR count). The Morgan fingerprint density at radius 3 is 2.62 bits per heavy atom. The van der Waals surface area contributed by atoms with Crippen LogP contribution in [-0.4, -0.2) is 41.7 Å². The minimum Gasteiger partial charge on any atom is -0.349 e. The maximum absolute atomic E-state index is 12.1. The zero-order valence-electron chi connectivity index (χ0n) is 11.6. The van der Waals surface area contributed by atoms with E-state index in [0.29, 0.717) is 36.0 Å². The van der Waals surface area contributed by atoms with Gasteiger partial charge in [0.05, 0.1) is 0 Å². The van der Waals surface area contributed by atoms with Gasteiger partial charge in [0.2, 0.25) is 5.91 Å². The largest absolute Gasteiger partial charge is 0.349 e. The summed E-state index contributed by atoms with van der Waals surface area (Å²) >= 11 is 11.5. The van der Waals surface area contributed by atoms with Crippen molar-refractivity contribution in [1.82, 2.24) is 10.2 Å². The number of halogens is 2. The molecule has 0 saturated carbocycles. The predicted octanol–water partition coefficient (Wildman–Crippen LogP) is 2.69. The standard InChI is InChI=1S/C15H18Cl2N2O2/c16-7-4-14(20)19-8-5-13(6-9-19)18-15(21)11-2-1-3-12(17)10-11/h1-3,10,13H,4-9H2,(H,18,21). The fraction of sp³-hybridized carbons (Fsp3) is 0.467. The second kappa shape index (κ2) is 7.66. The highest BCUT2D eigenvalue weighted by Crippen LogP contribution is 2.14. The first-order valence-electron chi connectivity index (χ1n) is 7.00. The van der Waals surface area contributed by atoms with E-state index in [9.17, 15) is 9.59 Å². The molecule has 1 fully saturated rings. The van der Waals surface area contributed by atoms with Crippen molar-refractivity contribution in [2.24, 2.45) is 0 Å².